The summed E-state index contributed by atoms with van der Waals surface area (Å²) in [6.45, 7) is 1.92. The lowest BCUT2D eigenvalue weighted by Gasteiger charge is -2.04. The quantitative estimate of drug-likeness (QED) is 0.704. The summed E-state index contributed by atoms with van der Waals surface area (Å²) in [7, 11) is 1.84. The van der Waals surface area contributed by atoms with Crippen LogP contribution >= 0.6 is 0 Å². The van der Waals surface area contributed by atoms with Crippen molar-refractivity contribution in [2.45, 2.75) is 6.92 Å². The molecule has 0 aliphatic carbocycles. The Kier molecular flexibility index (Phi) is 2.26. The Morgan fingerprint density at radius 1 is 1.11 bits per heavy atom. The maximum absolute atomic E-state index is 5.98. The van der Waals surface area contributed by atoms with Crippen LogP contribution in [0.1, 0.15) is 5.69 Å². The van der Waals surface area contributed by atoms with Gasteiger partial charge in [0.05, 0.1) is 5.69 Å². The molecular formula is C13H13N5. The van der Waals surface area contributed by atoms with Gasteiger partial charge in [-0.25, -0.2) is 14.6 Å². The highest BCUT2D eigenvalue weighted by Gasteiger charge is 2.13. The first-order valence-corrected chi connectivity index (χ1v) is 5.69. The second-order valence-corrected chi connectivity index (χ2v) is 4.20. The predicted octanol–water partition coefficient (Wildman–Crippen LogP) is 1.92. The summed E-state index contributed by atoms with van der Waals surface area (Å²) in [4.78, 5) is 8.98. The highest BCUT2D eigenvalue weighted by atomic mass is 15.3. The molecule has 0 fully saturated rings. The lowest BCUT2D eigenvalue weighted by atomic mass is 10.1. The summed E-state index contributed by atoms with van der Waals surface area (Å²) in [5.41, 5.74) is 10.0. The molecule has 0 bridgehead atoms. The monoisotopic (exact) mass is 239 g/mol. The van der Waals surface area contributed by atoms with Gasteiger partial charge in [-0.05, 0) is 6.92 Å². The molecule has 90 valence electrons. The molecule has 2 heterocycles. The molecule has 2 N–H and O–H groups in total. The zero-order valence-electron chi connectivity index (χ0n) is 10.3. The number of anilines is 1. The number of fused-ring (bicyclic) bond motifs is 1. The zero-order chi connectivity index (χ0) is 12.7. The number of hydrogen-bond donors (Lipinski definition) is 1. The third kappa shape index (κ3) is 1.52. The molecule has 0 aliphatic heterocycles. The van der Waals surface area contributed by atoms with E-state index in [-0.39, 0.29) is 0 Å². The van der Waals surface area contributed by atoms with Gasteiger partial charge in [-0.15, -0.1) is 0 Å². The fraction of sp³-hybridized carbons (Fsp3) is 0.154. The van der Waals surface area contributed by atoms with Crippen molar-refractivity contribution in [2.75, 3.05) is 5.73 Å². The molecule has 1 aromatic carbocycles. The van der Waals surface area contributed by atoms with Crippen LogP contribution in [-0.4, -0.2) is 19.7 Å². The van der Waals surface area contributed by atoms with Crippen molar-refractivity contribution in [3.05, 3.63) is 36.0 Å². The summed E-state index contributed by atoms with van der Waals surface area (Å²) in [6.07, 6.45) is 0. The molecule has 0 atom stereocenters. The molecule has 3 rings (SSSR count). The smallest absolute Gasteiger partial charge is 0.178 e. The molecular weight excluding hydrogens is 226 g/mol. The van der Waals surface area contributed by atoms with Gasteiger partial charge in [-0.2, -0.15) is 5.10 Å². The minimum atomic E-state index is 0.428. The topological polar surface area (TPSA) is 69.6 Å². The normalized spacial score (nSPS) is 11.0. The van der Waals surface area contributed by atoms with E-state index in [0.717, 1.165) is 16.8 Å². The SMILES string of the molecule is Cc1nn(C)c2nc(N)c(-c3ccccc3)nc12. The molecule has 2 aromatic heterocycles. The van der Waals surface area contributed by atoms with Gasteiger partial charge in [0, 0.05) is 12.6 Å². The van der Waals surface area contributed by atoms with E-state index in [0.29, 0.717) is 17.2 Å². The third-order valence-electron chi connectivity index (χ3n) is 2.90. The van der Waals surface area contributed by atoms with E-state index in [2.05, 4.69) is 15.1 Å². The van der Waals surface area contributed by atoms with Gasteiger partial charge in [-0.3, -0.25) is 0 Å². The number of nitrogens with zero attached hydrogens (tertiary/aromatic N) is 4. The van der Waals surface area contributed by atoms with Crippen LogP contribution < -0.4 is 5.73 Å². The number of aryl methyl sites for hydroxylation is 2. The van der Waals surface area contributed by atoms with E-state index < -0.39 is 0 Å². The number of nitrogen functional groups attached to an aromatic ring is 1. The summed E-state index contributed by atoms with van der Waals surface area (Å²) >= 11 is 0. The van der Waals surface area contributed by atoms with E-state index in [1.807, 2.05) is 44.3 Å². The largest absolute Gasteiger partial charge is 0.382 e. The van der Waals surface area contributed by atoms with Gasteiger partial charge in [0.15, 0.2) is 11.5 Å². The standard InChI is InChI=1S/C13H13N5/c1-8-10-13(18(2)17-8)16-12(14)11(15-10)9-6-4-3-5-7-9/h3-7H,1-2H3,(H2,14,16). The zero-order valence-corrected chi connectivity index (χ0v) is 10.3. The second kappa shape index (κ2) is 3.80. The number of benzene rings is 1. The average molecular weight is 239 g/mol. The van der Waals surface area contributed by atoms with Gasteiger partial charge < -0.3 is 5.73 Å². The van der Waals surface area contributed by atoms with Crippen LogP contribution in [0.4, 0.5) is 5.82 Å². The minimum absolute atomic E-state index is 0.428. The van der Waals surface area contributed by atoms with Crippen molar-refractivity contribution in [1.29, 1.82) is 0 Å². The van der Waals surface area contributed by atoms with Gasteiger partial charge in [-0.1, -0.05) is 30.3 Å². The highest BCUT2D eigenvalue weighted by Crippen LogP contribution is 2.25. The Balaban J connectivity index is 2.31. The molecule has 0 saturated heterocycles. The molecule has 5 heteroatoms. The molecule has 5 nitrogen and oxygen atoms in total. The summed E-state index contributed by atoms with van der Waals surface area (Å²) in [5, 5.41) is 4.30. The van der Waals surface area contributed by atoms with Gasteiger partial charge in [0.25, 0.3) is 0 Å². The number of rotatable bonds is 1. The molecule has 18 heavy (non-hydrogen) atoms. The van der Waals surface area contributed by atoms with Crippen LogP contribution in [0.15, 0.2) is 30.3 Å². The van der Waals surface area contributed by atoms with E-state index in [1.54, 1.807) is 4.68 Å². The van der Waals surface area contributed by atoms with Gasteiger partial charge >= 0.3 is 0 Å². The van der Waals surface area contributed by atoms with Crippen molar-refractivity contribution in [3.8, 4) is 11.3 Å². The lowest BCUT2D eigenvalue weighted by molar-refractivity contribution is 0.774. The Morgan fingerprint density at radius 2 is 1.83 bits per heavy atom. The Morgan fingerprint density at radius 3 is 2.56 bits per heavy atom. The first kappa shape index (κ1) is 10.7. The first-order valence-electron chi connectivity index (χ1n) is 5.69. The second-order valence-electron chi connectivity index (χ2n) is 4.20. The molecule has 0 amide bonds. The highest BCUT2D eigenvalue weighted by molar-refractivity contribution is 5.81. The Hall–Kier alpha value is -2.43. The number of aromatic nitrogens is 4. The van der Waals surface area contributed by atoms with Crippen LogP contribution in [0.3, 0.4) is 0 Å². The predicted molar refractivity (Wildman–Crippen MR) is 70.9 cm³/mol. The number of hydrogen-bond acceptors (Lipinski definition) is 4. The van der Waals surface area contributed by atoms with Crippen molar-refractivity contribution >= 4 is 17.0 Å². The molecule has 0 saturated carbocycles. The minimum Gasteiger partial charge on any atom is -0.382 e. The summed E-state index contributed by atoms with van der Waals surface area (Å²) < 4.78 is 1.70. The van der Waals surface area contributed by atoms with Gasteiger partial charge in [0.2, 0.25) is 0 Å². The van der Waals surface area contributed by atoms with E-state index in [1.165, 1.54) is 0 Å². The van der Waals surface area contributed by atoms with Crippen LogP contribution in [0.5, 0.6) is 0 Å². The summed E-state index contributed by atoms with van der Waals surface area (Å²) in [5.74, 6) is 0.428. The Bertz CT molecular complexity index is 715. The van der Waals surface area contributed by atoms with Crippen molar-refractivity contribution in [1.82, 2.24) is 19.7 Å². The van der Waals surface area contributed by atoms with E-state index in [4.69, 9.17) is 5.73 Å². The van der Waals surface area contributed by atoms with Crippen LogP contribution in [0.25, 0.3) is 22.4 Å². The first-order chi connectivity index (χ1) is 8.66. The molecule has 0 radical (unpaired) electrons. The van der Waals surface area contributed by atoms with E-state index >= 15 is 0 Å². The molecule has 3 aromatic rings. The molecule has 0 unspecified atom stereocenters. The maximum Gasteiger partial charge on any atom is 0.178 e. The maximum atomic E-state index is 5.98. The lowest BCUT2D eigenvalue weighted by Crippen LogP contribution is -2.00. The third-order valence-corrected chi connectivity index (χ3v) is 2.90. The van der Waals surface area contributed by atoms with Crippen LogP contribution in [-0.2, 0) is 7.05 Å². The average Bonchev–Trinajstić information content (AvgIpc) is 2.65. The van der Waals surface area contributed by atoms with Gasteiger partial charge in [0.1, 0.15) is 11.2 Å². The van der Waals surface area contributed by atoms with Crippen molar-refractivity contribution < 1.29 is 0 Å². The fourth-order valence-electron chi connectivity index (χ4n) is 2.04. The van der Waals surface area contributed by atoms with Crippen molar-refractivity contribution in [2.24, 2.45) is 7.05 Å². The van der Waals surface area contributed by atoms with E-state index in [9.17, 15) is 0 Å². The number of nitrogens with two attached hydrogens (primary N) is 1. The summed E-state index contributed by atoms with van der Waals surface area (Å²) in [6, 6.07) is 9.81. The molecule has 0 spiro atoms. The van der Waals surface area contributed by atoms with Crippen LogP contribution in [0, 0.1) is 6.92 Å². The molecule has 0 aliphatic rings. The fourth-order valence-corrected chi connectivity index (χ4v) is 2.04. The van der Waals surface area contributed by atoms with Crippen LogP contribution in [0.2, 0.25) is 0 Å². The Labute approximate surface area is 104 Å². The van der Waals surface area contributed by atoms with Crippen molar-refractivity contribution in [3.63, 3.8) is 0 Å².